The van der Waals surface area contributed by atoms with Crippen molar-refractivity contribution in [3.63, 3.8) is 0 Å². The van der Waals surface area contributed by atoms with Gasteiger partial charge in [-0.25, -0.2) is 0 Å². The summed E-state index contributed by atoms with van der Waals surface area (Å²) in [4.78, 5) is 23.5. The Kier molecular flexibility index (Phi) is 5.54. The van der Waals surface area contributed by atoms with Crippen LogP contribution in [-0.2, 0) is 16.0 Å². The van der Waals surface area contributed by atoms with Gasteiger partial charge in [-0.05, 0) is 35.9 Å². The van der Waals surface area contributed by atoms with Gasteiger partial charge in [0.1, 0.15) is 13.2 Å². The Balaban J connectivity index is 1.71. The van der Waals surface area contributed by atoms with Crippen LogP contribution < -0.4 is 20.1 Å². The summed E-state index contributed by atoms with van der Waals surface area (Å²) in [6.07, 6.45) is 0.106. The lowest BCUT2D eigenvalue weighted by atomic mass is 10.1. The Morgan fingerprint density at radius 3 is 2.58 bits per heavy atom. The van der Waals surface area contributed by atoms with E-state index in [9.17, 15) is 9.59 Å². The van der Waals surface area contributed by atoms with Crippen LogP contribution >= 0.6 is 23.2 Å². The lowest BCUT2D eigenvalue weighted by Gasteiger charge is -2.20. The molecule has 1 aliphatic rings. The first-order chi connectivity index (χ1) is 12.4. The number of amides is 2. The standard InChI is InChI=1S/C18H16Cl2N2O4/c1-10(23)21-15-9-12(2-3-13(15)19)22-17(24)8-11-6-14(20)18-16(7-11)25-4-5-26-18/h2-3,6-7,9H,4-5,8H2,1H3,(H,21,23)(H,22,24). The maximum atomic E-state index is 12.3. The Morgan fingerprint density at radius 2 is 1.81 bits per heavy atom. The molecular formula is C18H16Cl2N2O4. The van der Waals surface area contributed by atoms with Crippen LogP contribution in [0.15, 0.2) is 30.3 Å². The number of anilines is 2. The maximum Gasteiger partial charge on any atom is 0.228 e. The summed E-state index contributed by atoms with van der Waals surface area (Å²) >= 11 is 12.2. The van der Waals surface area contributed by atoms with Crippen LogP contribution in [0.5, 0.6) is 11.5 Å². The van der Waals surface area contributed by atoms with Crippen molar-refractivity contribution in [3.8, 4) is 11.5 Å². The third kappa shape index (κ3) is 4.39. The summed E-state index contributed by atoms with van der Waals surface area (Å²) < 4.78 is 11.0. The molecule has 0 spiro atoms. The first kappa shape index (κ1) is 18.4. The van der Waals surface area contributed by atoms with E-state index in [1.54, 1.807) is 30.3 Å². The zero-order valence-electron chi connectivity index (χ0n) is 13.9. The van der Waals surface area contributed by atoms with E-state index in [-0.39, 0.29) is 18.2 Å². The highest BCUT2D eigenvalue weighted by Crippen LogP contribution is 2.38. The molecule has 0 radical (unpaired) electrons. The van der Waals surface area contributed by atoms with Gasteiger partial charge in [0.2, 0.25) is 11.8 Å². The fourth-order valence-corrected chi connectivity index (χ4v) is 3.00. The first-order valence-corrected chi connectivity index (χ1v) is 8.63. The zero-order chi connectivity index (χ0) is 18.7. The number of carbonyl (C=O) groups excluding carboxylic acids is 2. The van der Waals surface area contributed by atoms with Gasteiger partial charge in [-0.15, -0.1) is 0 Å². The number of halogens is 2. The van der Waals surface area contributed by atoms with Crippen molar-refractivity contribution in [1.82, 2.24) is 0 Å². The molecule has 1 heterocycles. The number of carbonyl (C=O) groups is 2. The van der Waals surface area contributed by atoms with Gasteiger partial charge in [-0.1, -0.05) is 23.2 Å². The van der Waals surface area contributed by atoms with Gasteiger partial charge in [0.05, 0.1) is 22.2 Å². The number of fused-ring (bicyclic) bond motifs is 1. The molecule has 2 N–H and O–H groups in total. The van der Waals surface area contributed by atoms with E-state index in [1.807, 2.05) is 0 Å². The average Bonchev–Trinajstić information content (AvgIpc) is 2.57. The van der Waals surface area contributed by atoms with Crippen molar-refractivity contribution in [2.75, 3.05) is 23.8 Å². The van der Waals surface area contributed by atoms with Crippen LogP contribution in [0.4, 0.5) is 11.4 Å². The lowest BCUT2D eigenvalue weighted by Crippen LogP contribution is -2.17. The predicted octanol–water partition coefficient (Wildman–Crippen LogP) is 3.90. The molecule has 0 bridgehead atoms. The second kappa shape index (κ2) is 7.85. The van der Waals surface area contributed by atoms with Gasteiger partial charge in [0, 0.05) is 12.6 Å². The van der Waals surface area contributed by atoms with E-state index in [1.165, 1.54) is 6.92 Å². The van der Waals surface area contributed by atoms with Crippen LogP contribution in [-0.4, -0.2) is 25.0 Å². The number of benzene rings is 2. The van der Waals surface area contributed by atoms with Crippen molar-refractivity contribution < 1.29 is 19.1 Å². The number of hydrogen-bond acceptors (Lipinski definition) is 4. The van der Waals surface area contributed by atoms with Gasteiger partial charge in [0.25, 0.3) is 0 Å². The monoisotopic (exact) mass is 394 g/mol. The fourth-order valence-electron chi connectivity index (χ4n) is 2.55. The number of hydrogen-bond donors (Lipinski definition) is 2. The Bertz CT molecular complexity index is 871. The molecule has 3 rings (SSSR count). The Labute approximate surface area is 160 Å². The molecule has 0 unspecified atom stereocenters. The second-order valence-electron chi connectivity index (χ2n) is 5.70. The highest BCUT2D eigenvalue weighted by molar-refractivity contribution is 6.34. The van der Waals surface area contributed by atoms with Gasteiger partial charge in [0.15, 0.2) is 11.5 Å². The summed E-state index contributed by atoms with van der Waals surface area (Å²) in [5.74, 6) is 0.542. The molecular weight excluding hydrogens is 379 g/mol. The third-order valence-corrected chi connectivity index (χ3v) is 4.19. The van der Waals surface area contributed by atoms with Crippen molar-refractivity contribution >= 4 is 46.4 Å². The number of ether oxygens (including phenoxy) is 2. The summed E-state index contributed by atoms with van der Waals surface area (Å²) in [6.45, 7) is 2.27. The molecule has 0 fully saturated rings. The van der Waals surface area contributed by atoms with Crippen LogP contribution in [0, 0.1) is 0 Å². The Hall–Kier alpha value is -2.44. The molecule has 8 heteroatoms. The molecule has 2 amide bonds. The lowest BCUT2D eigenvalue weighted by molar-refractivity contribution is -0.115. The topological polar surface area (TPSA) is 76.7 Å². The molecule has 26 heavy (non-hydrogen) atoms. The van der Waals surface area contributed by atoms with Crippen LogP contribution in [0.25, 0.3) is 0 Å². The van der Waals surface area contributed by atoms with Crippen LogP contribution in [0.2, 0.25) is 10.0 Å². The summed E-state index contributed by atoms with van der Waals surface area (Å²) in [6, 6.07) is 8.27. The SMILES string of the molecule is CC(=O)Nc1cc(NC(=O)Cc2cc(Cl)c3c(c2)OCCO3)ccc1Cl. The van der Waals surface area contributed by atoms with E-state index in [4.69, 9.17) is 32.7 Å². The normalized spacial score (nSPS) is 12.4. The quantitative estimate of drug-likeness (QED) is 0.823. The highest BCUT2D eigenvalue weighted by Gasteiger charge is 2.18. The number of nitrogens with one attached hydrogen (secondary N) is 2. The van der Waals surface area contributed by atoms with Crippen molar-refractivity contribution in [2.24, 2.45) is 0 Å². The molecule has 0 saturated carbocycles. The van der Waals surface area contributed by atoms with E-state index in [0.29, 0.717) is 51.7 Å². The highest BCUT2D eigenvalue weighted by atomic mass is 35.5. The van der Waals surface area contributed by atoms with E-state index in [2.05, 4.69) is 10.6 Å². The minimum atomic E-state index is -0.249. The van der Waals surface area contributed by atoms with E-state index >= 15 is 0 Å². The zero-order valence-corrected chi connectivity index (χ0v) is 15.4. The van der Waals surface area contributed by atoms with Gasteiger partial charge < -0.3 is 20.1 Å². The van der Waals surface area contributed by atoms with E-state index < -0.39 is 0 Å². The molecule has 136 valence electrons. The molecule has 2 aromatic carbocycles. The molecule has 6 nitrogen and oxygen atoms in total. The molecule has 2 aromatic rings. The number of rotatable bonds is 4. The minimum Gasteiger partial charge on any atom is -0.486 e. The molecule has 0 saturated heterocycles. The van der Waals surface area contributed by atoms with Crippen LogP contribution in [0.3, 0.4) is 0 Å². The smallest absolute Gasteiger partial charge is 0.228 e. The van der Waals surface area contributed by atoms with Crippen molar-refractivity contribution in [2.45, 2.75) is 13.3 Å². The van der Waals surface area contributed by atoms with Crippen molar-refractivity contribution in [3.05, 3.63) is 45.9 Å². The van der Waals surface area contributed by atoms with Gasteiger partial charge in [-0.2, -0.15) is 0 Å². The first-order valence-electron chi connectivity index (χ1n) is 7.87. The molecule has 0 aliphatic carbocycles. The largest absolute Gasteiger partial charge is 0.486 e. The van der Waals surface area contributed by atoms with Gasteiger partial charge in [-0.3, -0.25) is 9.59 Å². The summed E-state index contributed by atoms with van der Waals surface area (Å²) in [5, 5.41) is 6.17. The average molecular weight is 395 g/mol. The van der Waals surface area contributed by atoms with Crippen molar-refractivity contribution in [1.29, 1.82) is 0 Å². The van der Waals surface area contributed by atoms with Crippen LogP contribution in [0.1, 0.15) is 12.5 Å². The molecule has 0 aromatic heterocycles. The third-order valence-electron chi connectivity index (χ3n) is 3.58. The second-order valence-corrected chi connectivity index (χ2v) is 6.52. The Morgan fingerprint density at radius 1 is 1.04 bits per heavy atom. The summed E-state index contributed by atoms with van der Waals surface area (Å²) in [7, 11) is 0. The van der Waals surface area contributed by atoms with Gasteiger partial charge >= 0.3 is 0 Å². The molecule has 1 aliphatic heterocycles. The summed E-state index contributed by atoms with van der Waals surface area (Å²) in [5.41, 5.74) is 1.65. The minimum absolute atomic E-state index is 0.106. The predicted molar refractivity (Wildman–Crippen MR) is 101 cm³/mol. The fraction of sp³-hybridized carbons (Fsp3) is 0.222. The maximum absolute atomic E-state index is 12.3. The molecule has 0 atom stereocenters. The van der Waals surface area contributed by atoms with E-state index in [0.717, 1.165) is 0 Å².